The molecule has 0 aliphatic carbocycles. The Labute approximate surface area is 84.4 Å². The topological polar surface area (TPSA) is 42.2 Å². The number of aromatic nitrogens is 1. The Morgan fingerprint density at radius 2 is 2.36 bits per heavy atom. The largest absolute Gasteiger partial charge is 0.393 e. The molecule has 0 aliphatic rings. The van der Waals surface area contributed by atoms with E-state index in [-0.39, 0.29) is 11.9 Å². The van der Waals surface area contributed by atoms with Gasteiger partial charge in [-0.2, -0.15) is 0 Å². The summed E-state index contributed by atoms with van der Waals surface area (Å²) in [4.78, 5) is 11.3. The van der Waals surface area contributed by atoms with E-state index in [9.17, 15) is 4.79 Å². The highest BCUT2D eigenvalue weighted by atomic mass is 16.3. The predicted octanol–water partition coefficient (Wildman–Crippen LogP) is 1.85. The first-order chi connectivity index (χ1) is 6.63. The molecule has 1 heterocycles. The van der Waals surface area contributed by atoms with E-state index in [1.54, 1.807) is 6.92 Å². The highest BCUT2D eigenvalue weighted by Gasteiger charge is 2.04. The minimum absolute atomic E-state index is 0.167. The first-order valence-electron chi connectivity index (χ1n) is 5.00. The Bertz CT molecular complexity index is 302. The van der Waals surface area contributed by atoms with Gasteiger partial charge in [-0.05, 0) is 19.4 Å². The molecule has 0 spiro atoms. The van der Waals surface area contributed by atoms with Gasteiger partial charge in [0.05, 0.1) is 6.10 Å². The van der Waals surface area contributed by atoms with Gasteiger partial charge in [0.15, 0.2) is 5.78 Å². The maximum Gasteiger partial charge on any atom is 0.164 e. The highest BCUT2D eigenvalue weighted by Crippen LogP contribution is 2.06. The molecule has 0 saturated carbocycles. The van der Waals surface area contributed by atoms with Gasteiger partial charge in [-0.3, -0.25) is 4.79 Å². The molecule has 1 unspecified atom stereocenters. The summed E-state index contributed by atoms with van der Waals surface area (Å²) in [7, 11) is 0. The van der Waals surface area contributed by atoms with Gasteiger partial charge in [-0.15, -0.1) is 0 Å². The molecule has 0 fully saturated rings. The van der Waals surface area contributed by atoms with Crippen molar-refractivity contribution in [1.29, 1.82) is 0 Å². The molecule has 1 aromatic rings. The second-order valence-electron chi connectivity index (χ2n) is 3.55. The molecule has 0 radical (unpaired) electrons. The van der Waals surface area contributed by atoms with Crippen LogP contribution in [-0.4, -0.2) is 21.6 Å². The number of hydrogen-bond donors (Lipinski definition) is 1. The molecule has 3 heteroatoms. The Morgan fingerprint density at radius 3 is 2.93 bits per heavy atom. The lowest BCUT2D eigenvalue weighted by Gasteiger charge is -2.04. The zero-order chi connectivity index (χ0) is 10.6. The van der Waals surface area contributed by atoms with E-state index >= 15 is 0 Å². The number of hydrogen-bond acceptors (Lipinski definition) is 2. The summed E-state index contributed by atoms with van der Waals surface area (Å²) in [5.74, 6) is 0.167. The summed E-state index contributed by atoms with van der Waals surface area (Å²) >= 11 is 0. The first-order valence-corrected chi connectivity index (χ1v) is 5.00. The number of nitrogens with zero attached hydrogens (tertiary/aromatic N) is 1. The average Bonchev–Trinajstić information content (AvgIpc) is 2.62. The van der Waals surface area contributed by atoms with Crippen LogP contribution >= 0.6 is 0 Å². The fraction of sp³-hybridized carbons (Fsp3) is 0.545. The molecule has 0 aromatic carbocycles. The van der Waals surface area contributed by atoms with E-state index < -0.39 is 0 Å². The van der Waals surface area contributed by atoms with Gasteiger partial charge in [0.2, 0.25) is 0 Å². The van der Waals surface area contributed by atoms with Gasteiger partial charge in [0.25, 0.3) is 0 Å². The number of carbonyl (C=O) groups is 1. The third-order valence-corrected chi connectivity index (χ3v) is 2.20. The van der Waals surface area contributed by atoms with Crippen molar-refractivity contribution in [3.8, 4) is 0 Å². The van der Waals surface area contributed by atoms with Crippen LogP contribution in [0.5, 0.6) is 0 Å². The number of aryl methyl sites for hydroxylation is 1. The summed E-state index contributed by atoms with van der Waals surface area (Å²) in [6, 6.07) is 1.83. The van der Waals surface area contributed by atoms with Gasteiger partial charge < -0.3 is 9.67 Å². The Kier molecular flexibility index (Phi) is 3.89. The molecule has 14 heavy (non-hydrogen) atoms. The Balaban J connectivity index is 2.55. The summed E-state index contributed by atoms with van der Waals surface area (Å²) in [6.45, 7) is 4.38. The van der Waals surface area contributed by atoms with Crippen molar-refractivity contribution in [2.75, 3.05) is 0 Å². The van der Waals surface area contributed by atoms with Gasteiger partial charge in [0, 0.05) is 30.9 Å². The standard InChI is InChI=1S/C11H17NO2/c1-3-11(14)10-5-7-12(8-10)6-4-9(2)13/h5,7-9,13H,3-4,6H2,1-2H3. The van der Waals surface area contributed by atoms with Crippen molar-refractivity contribution in [2.45, 2.75) is 39.3 Å². The predicted molar refractivity (Wildman–Crippen MR) is 55.4 cm³/mol. The molecule has 78 valence electrons. The lowest BCUT2D eigenvalue weighted by molar-refractivity contribution is 0.0988. The molecule has 3 nitrogen and oxygen atoms in total. The van der Waals surface area contributed by atoms with Gasteiger partial charge in [-0.25, -0.2) is 0 Å². The number of carbonyl (C=O) groups excluding carboxylic acids is 1. The molecule has 1 rings (SSSR count). The number of Topliss-reactive ketones (excluding diaryl/α,β-unsaturated/α-hetero) is 1. The van der Waals surface area contributed by atoms with E-state index in [1.165, 1.54) is 0 Å². The molecular weight excluding hydrogens is 178 g/mol. The highest BCUT2D eigenvalue weighted by molar-refractivity contribution is 5.95. The first kappa shape index (κ1) is 11.0. The number of rotatable bonds is 5. The zero-order valence-electron chi connectivity index (χ0n) is 8.73. The molecule has 0 bridgehead atoms. The minimum atomic E-state index is -0.289. The van der Waals surface area contributed by atoms with Crippen LogP contribution in [0.2, 0.25) is 0 Å². The normalized spacial score (nSPS) is 12.8. The van der Waals surface area contributed by atoms with E-state index in [0.717, 1.165) is 12.1 Å². The Morgan fingerprint density at radius 1 is 1.64 bits per heavy atom. The van der Waals surface area contributed by atoms with Crippen LogP contribution < -0.4 is 0 Å². The average molecular weight is 195 g/mol. The molecular formula is C11H17NO2. The third-order valence-electron chi connectivity index (χ3n) is 2.20. The van der Waals surface area contributed by atoms with Crippen molar-refractivity contribution in [3.05, 3.63) is 24.0 Å². The van der Waals surface area contributed by atoms with E-state index in [2.05, 4.69) is 0 Å². The fourth-order valence-corrected chi connectivity index (χ4v) is 1.28. The van der Waals surface area contributed by atoms with Crippen molar-refractivity contribution >= 4 is 5.78 Å². The second-order valence-corrected chi connectivity index (χ2v) is 3.55. The van der Waals surface area contributed by atoms with Crippen LogP contribution in [0.25, 0.3) is 0 Å². The van der Waals surface area contributed by atoms with E-state index in [0.29, 0.717) is 12.8 Å². The van der Waals surface area contributed by atoms with Gasteiger partial charge in [-0.1, -0.05) is 6.92 Å². The van der Waals surface area contributed by atoms with Crippen molar-refractivity contribution in [2.24, 2.45) is 0 Å². The van der Waals surface area contributed by atoms with Crippen molar-refractivity contribution in [1.82, 2.24) is 4.57 Å². The van der Waals surface area contributed by atoms with Crippen LogP contribution in [0.1, 0.15) is 37.0 Å². The SMILES string of the molecule is CCC(=O)c1ccn(CCC(C)O)c1. The monoisotopic (exact) mass is 195 g/mol. The molecule has 0 saturated heterocycles. The molecule has 0 amide bonds. The lowest BCUT2D eigenvalue weighted by atomic mass is 10.2. The number of aliphatic hydroxyl groups excluding tert-OH is 1. The lowest BCUT2D eigenvalue weighted by Crippen LogP contribution is -2.05. The van der Waals surface area contributed by atoms with Crippen LogP contribution in [0.4, 0.5) is 0 Å². The van der Waals surface area contributed by atoms with E-state index in [1.807, 2.05) is 30.0 Å². The second kappa shape index (κ2) is 4.96. The minimum Gasteiger partial charge on any atom is -0.393 e. The number of ketones is 1. The van der Waals surface area contributed by atoms with Crippen molar-refractivity contribution < 1.29 is 9.90 Å². The zero-order valence-corrected chi connectivity index (χ0v) is 8.73. The van der Waals surface area contributed by atoms with Crippen molar-refractivity contribution in [3.63, 3.8) is 0 Å². The molecule has 0 aliphatic heterocycles. The van der Waals surface area contributed by atoms with Crippen LogP contribution in [0.3, 0.4) is 0 Å². The quantitative estimate of drug-likeness (QED) is 0.728. The summed E-state index contributed by atoms with van der Waals surface area (Å²) in [5, 5.41) is 9.10. The van der Waals surface area contributed by atoms with Gasteiger partial charge >= 0.3 is 0 Å². The van der Waals surface area contributed by atoms with Crippen LogP contribution in [0.15, 0.2) is 18.5 Å². The third kappa shape index (κ3) is 3.00. The van der Waals surface area contributed by atoms with E-state index in [4.69, 9.17) is 5.11 Å². The van der Waals surface area contributed by atoms with Crippen LogP contribution in [-0.2, 0) is 6.54 Å². The van der Waals surface area contributed by atoms with Crippen LogP contribution in [0, 0.1) is 0 Å². The maximum absolute atomic E-state index is 11.3. The molecule has 1 aromatic heterocycles. The smallest absolute Gasteiger partial charge is 0.164 e. The molecule has 1 atom stereocenters. The summed E-state index contributed by atoms with van der Waals surface area (Å²) < 4.78 is 1.94. The molecule has 1 N–H and O–H groups in total. The summed E-state index contributed by atoms with van der Waals surface area (Å²) in [5.41, 5.74) is 0.762. The Hall–Kier alpha value is -1.09. The van der Waals surface area contributed by atoms with Gasteiger partial charge in [0.1, 0.15) is 0 Å². The summed E-state index contributed by atoms with van der Waals surface area (Å²) in [6.07, 6.45) is 4.69. The maximum atomic E-state index is 11.3. The number of aliphatic hydroxyl groups is 1. The fourth-order valence-electron chi connectivity index (χ4n) is 1.28.